The van der Waals surface area contributed by atoms with Crippen LogP contribution in [-0.2, 0) is 6.61 Å². The fourth-order valence-corrected chi connectivity index (χ4v) is 3.21. The summed E-state index contributed by atoms with van der Waals surface area (Å²) in [5.41, 5.74) is 2.28. The molecule has 0 aliphatic carbocycles. The van der Waals surface area contributed by atoms with Gasteiger partial charge in [0.1, 0.15) is 12.4 Å². The van der Waals surface area contributed by atoms with Gasteiger partial charge in [-0.1, -0.05) is 42.5 Å². The lowest BCUT2D eigenvalue weighted by Crippen LogP contribution is -2.45. The number of rotatable bonds is 7. The van der Waals surface area contributed by atoms with Crippen LogP contribution in [0.25, 0.3) is 0 Å². The summed E-state index contributed by atoms with van der Waals surface area (Å²) in [6.45, 7) is 4.09. The zero-order chi connectivity index (χ0) is 16.6. The molecule has 0 aromatic heterocycles. The van der Waals surface area contributed by atoms with E-state index in [9.17, 15) is 4.39 Å². The predicted molar refractivity (Wildman–Crippen MR) is 102 cm³/mol. The summed E-state index contributed by atoms with van der Waals surface area (Å²) in [6, 6.07) is 18.4. The maximum Gasteiger partial charge on any atom is 0.120 e. The predicted octanol–water partition coefficient (Wildman–Crippen LogP) is 3.99. The number of hydrogen-bond donors (Lipinski definition) is 1. The van der Waals surface area contributed by atoms with Crippen molar-refractivity contribution in [1.29, 1.82) is 0 Å². The van der Waals surface area contributed by atoms with Gasteiger partial charge in [-0.3, -0.25) is 9.29 Å². The molecule has 0 spiro atoms. The summed E-state index contributed by atoms with van der Waals surface area (Å²) in [5, 5.41) is 3.35. The maximum absolute atomic E-state index is 13.1. The Hall–Kier alpha value is -1.62. The van der Waals surface area contributed by atoms with Crippen molar-refractivity contribution in [2.45, 2.75) is 19.1 Å². The van der Waals surface area contributed by atoms with Crippen LogP contribution in [0.1, 0.15) is 23.6 Å². The monoisotopic (exact) mass is 364 g/mol. The molecule has 136 valence electrons. The van der Waals surface area contributed by atoms with Gasteiger partial charge in [-0.2, -0.15) is 0 Å². The molecule has 25 heavy (non-hydrogen) atoms. The molecule has 2 aromatic rings. The molecule has 1 N–H and O–H groups in total. The molecule has 3 nitrogen and oxygen atoms in total. The third kappa shape index (κ3) is 5.70. The molecule has 1 aliphatic rings. The fourth-order valence-electron chi connectivity index (χ4n) is 3.21. The topological polar surface area (TPSA) is 24.5 Å². The second-order valence-corrected chi connectivity index (χ2v) is 6.13. The molecule has 0 unspecified atom stereocenters. The SMILES string of the molecule is Cl.FCC[C@@H](c1cccc(OCc2ccccc2)c1)N1CCNCC1. The summed E-state index contributed by atoms with van der Waals surface area (Å²) in [7, 11) is 0. The number of halogens is 2. The highest BCUT2D eigenvalue weighted by molar-refractivity contribution is 5.85. The Labute approximate surface area is 155 Å². The maximum atomic E-state index is 13.1. The average Bonchev–Trinajstić information content (AvgIpc) is 2.66. The van der Waals surface area contributed by atoms with Crippen LogP contribution in [0.15, 0.2) is 54.6 Å². The molecule has 3 rings (SSSR count). The highest BCUT2D eigenvalue weighted by Crippen LogP contribution is 2.28. The molecule has 0 radical (unpaired) electrons. The molecule has 0 amide bonds. The number of benzene rings is 2. The van der Waals surface area contributed by atoms with Crippen molar-refractivity contribution >= 4 is 12.4 Å². The van der Waals surface area contributed by atoms with E-state index < -0.39 is 0 Å². The number of piperazine rings is 1. The van der Waals surface area contributed by atoms with E-state index in [0.717, 1.165) is 43.1 Å². The fraction of sp³-hybridized carbons (Fsp3) is 0.400. The van der Waals surface area contributed by atoms with E-state index in [1.165, 1.54) is 0 Å². The first-order chi connectivity index (χ1) is 11.9. The van der Waals surface area contributed by atoms with Crippen molar-refractivity contribution in [2.24, 2.45) is 0 Å². The Kier molecular flexibility index (Phi) is 8.19. The zero-order valence-electron chi connectivity index (χ0n) is 14.4. The third-order valence-electron chi connectivity index (χ3n) is 4.47. The van der Waals surface area contributed by atoms with Crippen molar-refractivity contribution in [1.82, 2.24) is 10.2 Å². The van der Waals surface area contributed by atoms with Crippen LogP contribution in [0, 0.1) is 0 Å². The lowest BCUT2D eigenvalue weighted by molar-refractivity contribution is 0.157. The quantitative estimate of drug-likeness (QED) is 0.803. The molecule has 0 bridgehead atoms. The zero-order valence-corrected chi connectivity index (χ0v) is 15.2. The van der Waals surface area contributed by atoms with E-state index in [1.807, 2.05) is 30.3 Å². The Morgan fingerprint density at radius 3 is 2.52 bits per heavy atom. The van der Waals surface area contributed by atoms with Crippen molar-refractivity contribution in [2.75, 3.05) is 32.9 Å². The lowest BCUT2D eigenvalue weighted by Gasteiger charge is -2.35. The molecular formula is C20H26ClFN2O. The minimum atomic E-state index is -0.302. The van der Waals surface area contributed by atoms with E-state index in [1.54, 1.807) is 0 Å². The minimum Gasteiger partial charge on any atom is -0.489 e. The van der Waals surface area contributed by atoms with Gasteiger partial charge in [0.15, 0.2) is 0 Å². The molecule has 0 saturated carbocycles. The van der Waals surface area contributed by atoms with E-state index in [-0.39, 0.29) is 25.1 Å². The standard InChI is InChI=1S/C20H25FN2O.ClH/c21-10-9-20(23-13-11-22-12-14-23)18-7-4-8-19(15-18)24-16-17-5-2-1-3-6-17;/h1-8,15,20,22H,9-14,16H2;1H/t20-;/m0./s1. The molecule has 5 heteroatoms. The van der Waals surface area contributed by atoms with Crippen LogP contribution in [0.5, 0.6) is 5.75 Å². The highest BCUT2D eigenvalue weighted by atomic mass is 35.5. The molecular weight excluding hydrogens is 339 g/mol. The highest BCUT2D eigenvalue weighted by Gasteiger charge is 2.22. The number of nitrogens with one attached hydrogen (secondary N) is 1. The van der Waals surface area contributed by atoms with Gasteiger partial charge in [-0.25, -0.2) is 0 Å². The number of hydrogen-bond acceptors (Lipinski definition) is 3. The summed E-state index contributed by atoms with van der Waals surface area (Å²) >= 11 is 0. The van der Waals surface area contributed by atoms with Gasteiger partial charge in [-0.15, -0.1) is 12.4 Å². The Morgan fingerprint density at radius 2 is 1.80 bits per heavy atom. The Bertz CT molecular complexity index is 620. The van der Waals surface area contributed by atoms with Gasteiger partial charge < -0.3 is 10.1 Å². The van der Waals surface area contributed by atoms with Crippen molar-refractivity contribution in [3.05, 3.63) is 65.7 Å². The first-order valence-corrected chi connectivity index (χ1v) is 8.64. The molecule has 1 saturated heterocycles. The largest absolute Gasteiger partial charge is 0.489 e. The minimum absolute atomic E-state index is 0. The lowest BCUT2D eigenvalue weighted by atomic mass is 10.0. The van der Waals surface area contributed by atoms with Gasteiger partial charge in [0, 0.05) is 32.2 Å². The summed E-state index contributed by atoms with van der Waals surface area (Å²) in [5.74, 6) is 0.843. The van der Waals surface area contributed by atoms with Crippen LogP contribution in [0.2, 0.25) is 0 Å². The van der Waals surface area contributed by atoms with E-state index in [0.29, 0.717) is 13.0 Å². The first kappa shape index (κ1) is 19.7. The number of alkyl halides is 1. The molecule has 1 heterocycles. The van der Waals surface area contributed by atoms with Gasteiger partial charge in [-0.05, 0) is 29.7 Å². The third-order valence-corrected chi connectivity index (χ3v) is 4.47. The molecule has 1 aliphatic heterocycles. The molecule has 2 aromatic carbocycles. The second kappa shape index (κ2) is 10.4. The van der Waals surface area contributed by atoms with E-state index >= 15 is 0 Å². The molecule has 1 atom stereocenters. The smallest absolute Gasteiger partial charge is 0.120 e. The van der Waals surface area contributed by atoms with Crippen molar-refractivity contribution in [3.63, 3.8) is 0 Å². The Morgan fingerprint density at radius 1 is 1.04 bits per heavy atom. The van der Waals surface area contributed by atoms with Crippen molar-refractivity contribution < 1.29 is 9.13 Å². The van der Waals surface area contributed by atoms with Crippen LogP contribution in [0.3, 0.4) is 0 Å². The number of ether oxygens (including phenoxy) is 1. The van der Waals surface area contributed by atoms with Crippen LogP contribution in [-0.4, -0.2) is 37.8 Å². The van der Waals surface area contributed by atoms with Crippen LogP contribution >= 0.6 is 12.4 Å². The van der Waals surface area contributed by atoms with Gasteiger partial charge >= 0.3 is 0 Å². The van der Waals surface area contributed by atoms with Crippen LogP contribution in [0.4, 0.5) is 4.39 Å². The van der Waals surface area contributed by atoms with Gasteiger partial charge in [0.25, 0.3) is 0 Å². The average molecular weight is 365 g/mol. The van der Waals surface area contributed by atoms with Crippen molar-refractivity contribution in [3.8, 4) is 5.75 Å². The summed E-state index contributed by atoms with van der Waals surface area (Å²) < 4.78 is 19.0. The Balaban J connectivity index is 0.00000225. The van der Waals surface area contributed by atoms with Gasteiger partial charge in [0.2, 0.25) is 0 Å². The molecule has 1 fully saturated rings. The summed E-state index contributed by atoms with van der Waals surface area (Å²) in [6.07, 6.45) is 0.530. The normalized spacial score (nSPS) is 16.0. The summed E-state index contributed by atoms with van der Waals surface area (Å²) in [4.78, 5) is 2.37. The second-order valence-electron chi connectivity index (χ2n) is 6.13. The first-order valence-electron chi connectivity index (χ1n) is 8.64. The van der Waals surface area contributed by atoms with E-state index in [4.69, 9.17) is 4.74 Å². The van der Waals surface area contributed by atoms with E-state index in [2.05, 4.69) is 34.5 Å². The van der Waals surface area contributed by atoms with Crippen LogP contribution < -0.4 is 10.1 Å². The van der Waals surface area contributed by atoms with Gasteiger partial charge in [0.05, 0.1) is 6.67 Å². The number of nitrogens with zero attached hydrogens (tertiary/aromatic N) is 1.